The number of hydrogen-bond acceptors (Lipinski definition) is 3. The summed E-state index contributed by atoms with van der Waals surface area (Å²) < 4.78 is 12.9. The first-order valence-corrected chi connectivity index (χ1v) is 8.14. The van der Waals surface area contributed by atoms with Crippen molar-refractivity contribution in [3.05, 3.63) is 60.3 Å². The van der Waals surface area contributed by atoms with E-state index in [1.54, 1.807) is 0 Å². The molecule has 4 nitrogen and oxygen atoms in total. The first-order chi connectivity index (χ1) is 11.6. The van der Waals surface area contributed by atoms with E-state index in [1.807, 2.05) is 80.1 Å². The molecule has 2 aromatic carbocycles. The molecule has 0 aliphatic heterocycles. The molecular formula is C20H21NO3. The van der Waals surface area contributed by atoms with Gasteiger partial charge in [0.15, 0.2) is 0 Å². The Morgan fingerprint density at radius 3 is 2.46 bits per heavy atom. The van der Waals surface area contributed by atoms with Gasteiger partial charge < -0.3 is 14.0 Å². The van der Waals surface area contributed by atoms with Gasteiger partial charge in [-0.3, -0.25) is 0 Å². The lowest BCUT2D eigenvalue weighted by molar-refractivity contribution is 0.0528. The number of nitrogens with zero attached hydrogens (tertiary/aromatic N) is 1. The third-order valence-corrected chi connectivity index (χ3v) is 3.69. The van der Waals surface area contributed by atoms with Gasteiger partial charge in [-0.05, 0) is 51.1 Å². The molecule has 1 heterocycles. The Bertz CT molecular complexity index is 847. The Hall–Kier alpha value is -2.75. The molecular weight excluding hydrogens is 302 g/mol. The molecule has 0 fully saturated rings. The van der Waals surface area contributed by atoms with Crippen LogP contribution in [0.15, 0.2) is 54.7 Å². The Morgan fingerprint density at radius 1 is 1.08 bits per heavy atom. The molecule has 0 amide bonds. The molecule has 0 atom stereocenters. The lowest BCUT2D eigenvalue weighted by atomic mass is 10.2. The van der Waals surface area contributed by atoms with Gasteiger partial charge >= 0.3 is 5.97 Å². The summed E-state index contributed by atoms with van der Waals surface area (Å²) in [5.74, 6) is 0.531. The van der Waals surface area contributed by atoms with Gasteiger partial charge in [-0.15, -0.1) is 0 Å². The molecule has 4 heteroatoms. The number of aromatic nitrogens is 1. The van der Waals surface area contributed by atoms with E-state index in [-0.39, 0.29) is 12.1 Å². The zero-order chi connectivity index (χ0) is 17.1. The number of para-hydroxylation sites is 1. The van der Waals surface area contributed by atoms with Gasteiger partial charge in [0.25, 0.3) is 0 Å². The van der Waals surface area contributed by atoms with Crippen molar-refractivity contribution in [1.82, 2.24) is 4.57 Å². The summed E-state index contributed by atoms with van der Waals surface area (Å²) in [6.45, 7) is 6.17. The van der Waals surface area contributed by atoms with E-state index in [0.29, 0.717) is 12.2 Å². The largest absolute Gasteiger partial charge is 0.491 e. The van der Waals surface area contributed by atoms with E-state index >= 15 is 0 Å². The molecule has 0 N–H and O–H groups in total. The molecule has 0 aliphatic rings. The highest BCUT2D eigenvalue weighted by Gasteiger charge is 2.16. The highest BCUT2D eigenvalue weighted by atomic mass is 16.5. The number of carbonyl (C=O) groups is 1. The molecule has 0 saturated heterocycles. The molecule has 3 aromatic rings. The molecule has 0 spiro atoms. The fourth-order valence-corrected chi connectivity index (χ4v) is 2.72. The maximum Gasteiger partial charge on any atom is 0.340 e. The summed E-state index contributed by atoms with van der Waals surface area (Å²) in [6, 6.07) is 15.7. The minimum Gasteiger partial charge on any atom is -0.491 e. The highest BCUT2D eigenvalue weighted by Crippen LogP contribution is 2.26. The normalized spacial score (nSPS) is 11.0. The van der Waals surface area contributed by atoms with Crippen molar-refractivity contribution in [2.45, 2.75) is 26.9 Å². The molecule has 3 rings (SSSR count). The van der Waals surface area contributed by atoms with E-state index in [1.165, 1.54) is 0 Å². The van der Waals surface area contributed by atoms with Crippen molar-refractivity contribution in [2.24, 2.45) is 0 Å². The number of esters is 1. The standard InChI is InChI=1S/C20H21NO3/c1-4-23-20(22)18-13-21(19-8-6-5-7-17(18)19)15-9-11-16(12-10-15)24-14(2)3/h5-14H,4H2,1-3H3. The quantitative estimate of drug-likeness (QED) is 0.645. The van der Waals surface area contributed by atoms with E-state index in [2.05, 4.69) is 0 Å². The van der Waals surface area contributed by atoms with Crippen LogP contribution in [0.25, 0.3) is 16.6 Å². The van der Waals surface area contributed by atoms with E-state index in [9.17, 15) is 4.79 Å². The van der Waals surface area contributed by atoms with Gasteiger partial charge in [0.1, 0.15) is 5.75 Å². The Morgan fingerprint density at radius 2 is 1.79 bits per heavy atom. The van der Waals surface area contributed by atoms with Crippen LogP contribution in [-0.4, -0.2) is 23.2 Å². The Balaban J connectivity index is 2.04. The lowest BCUT2D eigenvalue weighted by Gasteiger charge is -2.11. The second-order valence-electron chi connectivity index (χ2n) is 5.81. The monoisotopic (exact) mass is 323 g/mol. The van der Waals surface area contributed by atoms with Crippen LogP contribution in [0.1, 0.15) is 31.1 Å². The SMILES string of the molecule is CCOC(=O)c1cn(-c2ccc(OC(C)C)cc2)c2ccccc12. The van der Waals surface area contributed by atoms with Gasteiger partial charge in [0, 0.05) is 17.3 Å². The summed E-state index contributed by atoms with van der Waals surface area (Å²) in [7, 11) is 0. The van der Waals surface area contributed by atoms with E-state index < -0.39 is 0 Å². The second-order valence-corrected chi connectivity index (χ2v) is 5.81. The highest BCUT2D eigenvalue weighted by molar-refractivity contribution is 6.04. The van der Waals surface area contributed by atoms with Crippen LogP contribution < -0.4 is 4.74 Å². The predicted octanol–water partition coefficient (Wildman–Crippen LogP) is 4.59. The Labute approximate surface area is 141 Å². The fourth-order valence-electron chi connectivity index (χ4n) is 2.72. The maximum atomic E-state index is 12.2. The summed E-state index contributed by atoms with van der Waals surface area (Å²) in [5, 5.41) is 0.887. The predicted molar refractivity (Wildman–Crippen MR) is 95.0 cm³/mol. The number of rotatable bonds is 5. The maximum absolute atomic E-state index is 12.2. The minimum absolute atomic E-state index is 0.138. The smallest absolute Gasteiger partial charge is 0.340 e. The molecule has 0 bridgehead atoms. The molecule has 0 unspecified atom stereocenters. The summed E-state index contributed by atoms with van der Waals surface area (Å²) in [4.78, 5) is 12.2. The van der Waals surface area contributed by atoms with Gasteiger partial charge in [-0.25, -0.2) is 4.79 Å². The third-order valence-electron chi connectivity index (χ3n) is 3.69. The van der Waals surface area contributed by atoms with Gasteiger partial charge in [0.05, 0.1) is 23.8 Å². The number of fused-ring (bicyclic) bond motifs is 1. The second kappa shape index (κ2) is 6.79. The molecule has 0 radical (unpaired) electrons. The van der Waals surface area contributed by atoms with Gasteiger partial charge in [-0.2, -0.15) is 0 Å². The van der Waals surface area contributed by atoms with Crippen molar-refractivity contribution >= 4 is 16.9 Å². The number of benzene rings is 2. The molecule has 1 aromatic heterocycles. The van der Waals surface area contributed by atoms with Crippen LogP contribution in [0, 0.1) is 0 Å². The van der Waals surface area contributed by atoms with Gasteiger partial charge in [-0.1, -0.05) is 18.2 Å². The first kappa shape index (κ1) is 16.1. The summed E-state index contributed by atoms with van der Waals surface area (Å²) >= 11 is 0. The molecule has 0 saturated carbocycles. The van der Waals surface area contributed by atoms with Crippen LogP contribution in [0.3, 0.4) is 0 Å². The number of hydrogen-bond donors (Lipinski definition) is 0. The van der Waals surface area contributed by atoms with Gasteiger partial charge in [0.2, 0.25) is 0 Å². The number of ether oxygens (including phenoxy) is 2. The van der Waals surface area contributed by atoms with Crippen LogP contribution >= 0.6 is 0 Å². The zero-order valence-corrected chi connectivity index (χ0v) is 14.2. The average molecular weight is 323 g/mol. The van der Waals surface area contributed by atoms with Crippen LogP contribution in [0.2, 0.25) is 0 Å². The summed E-state index contributed by atoms with van der Waals surface area (Å²) in [6.07, 6.45) is 1.97. The van der Waals surface area contributed by atoms with E-state index in [0.717, 1.165) is 22.3 Å². The zero-order valence-electron chi connectivity index (χ0n) is 14.2. The van der Waals surface area contributed by atoms with Crippen molar-refractivity contribution < 1.29 is 14.3 Å². The van der Waals surface area contributed by atoms with Crippen molar-refractivity contribution in [3.8, 4) is 11.4 Å². The van der Waals surface area contributed by atoms with Crippen molar-refractivity contribution in [2.75, 3.05) is 6.61 Å². The van der Waals surface area contributed by atoms with Crippen LogP contribution in [-0.2, 0) is 4.74 Å². The van der Waals surface area contributed by atoms with Crippen LogP contribution in [0.5, 0.6) is 5.75 Å². The van der Waals surface area contributed by atoms with Crippen LogP contribution in [0.4, 0.5) is 0 Å². The van der Waals surface area contributed by atoms with Crippen molar-refractivity contribution in [3.63, 3.8) is 0 Å². The first-order valence-electron chi connectivity index (χ1n) is 8.14. The van der Waals surface area contributed by atoms with Crippen molar-refractivity contribution in [1.29, 1.82) is 0 Å². The molecule has 24 heavy (non-hydrogen) atoms. The van der Waals surface area contributed by atoms with E-state index in [4.69, 9.17) is 9.47 Å². The fraction of sp³-hybridized carbons (Fsp3) is 0.250. The number of carbonyl (C=O) groups excluding carboxylic acids is 1. The average Bonchev–Trinajstić information content (AvgIpc) is 2.95. The lowest BCUT2D eigenvalue weighted by Crippen LogP contribution is -2.05. The third kappa shape index (κ3) is 3.13. The minimum atomic E-state index is -0.299. The topological polar surface area (TPSA) is 40.5 Å². The Kier molecular flexibility index (Phi) is 4.56. The molecule has 0 aliphatic carbocycles. The molecule has 124 valence electrons. The summed E-state index contributed by atoms with van der Waals surface area (Å²) in [5.41, 5.74) is 2.52.